The fourth-order valence-corrected chi connectivity index (χ4v) is 1.43. The lowest BCUT2D eigenvalue weighted by Gasteiger charge is -2.15. The summed E-state index contributed by atoms with van der Waals surface area (Å²) in [4.78, 5) is 11.7. The van der Waals surface area contributed by atoms with E-state index in [1.807, 2.05) is 20.8 Å². The van der Waals surface area contributed by atoms with Gasteiger partial charge in [-0.05, 0) is 19.4 Å². The van der Waals surface area contributed by atoms with Crippen LogP contribution in [0.15, 0.2) is 24.3 Å². The Hall–Kier alpha value is -0.930. The average Bonchev–Trinajstić information content (AvgIpc) is 2.33. The topological polar surface area (TPSA) is 57.5 Å². The molecule has 0 aromatic carbocycles. The van der Waals surface area contributed by atoms with Gasteiger partial charge in [-0.15, -0.1) is 0 Å². The van der Waals surface area contributed by atoms with Crippen LogP contribution in [0.5, 0.6) is 0 Å². The van der Waals surface area contributed by atoms with Gasteiger partial charge in [0.1, 0.15) is 0 Å². The number of carbonyl (C=O) groups is 1. The first-order chi connectivity index (χ1) is 7.93. The molecule has 2 N–H and O–H groups in total. The smallest absolute Gasteiger partial charge is 0.160 e. The van der Waals surface area contributed by atoms with Crippen LogP contribution in [0.25, 0.3) is 0 Å². The van der Waals surface area contributed by atoms with E-state index in [0.717, 1.165) is 0 Å². The molecule has 0 saturated carbocycles. The number of rotatable bonds is 7. The Bertz CT molecular complexity index is 281. The van der Waals surface area contributed by atoms with Gasteiger partial charge in [-0.25, -0.2) is 0 Å². The molecule has 3 heteroatoms. The summed E-state index contributed by atoms with van der Waals surface area (Å²) in [7, 11) is 0. The molecule has 4 unspecified atom stereocenters. The zero-order chi connectivity index (χ0) is 13.4. The predicted molar refractivity (Wildman–Crippen MR) is 69.6 cm³/mol. The number of hydrogen-bond acceptors (Lipinski definition) is 3. The Balaban J connectivity index is 4.37. The van der Waals surface area contributed by atoms with Crippen LogP contribution in [-0.4, -0.2) is 28.2 Å². The Morgan fingerprint density at radius 2 is 1.82 bits per heavy atom. The van der Waals surface area contributed by atoms with Gasteiger partial charge in [0.2, 0.25) is 0 Å². The maximum atomic E-state index is 11.7. The van der Waals surface area contributed by atoms with E-state index in [0.29, 0.717) is 6.42 Å². The molecule has 0 radical (unpaired) electrons. The molecule has 0 rings (SSSR count). The lowest BCUT2D eigenvalue weighted by Crippen LogP contribution is -2.24. The summed E-state index contributed by atoms with van der Waals surface area (Å²) >= 11 is 0. The highest BCUT2D eigenvalue weighted by Gasteiger charge is 2.18. The highest BCUT2D eigenvalue weighted by Crippen LogP contribution is 2.11. The minimum Gasteiger partial charge on any atom is -0.392 e. The van der Waals surface area contributed by atoms with Crippen molar-refractivity contribution in [1.29, 1.82) is 0 Å². The molecule has 0 amide bonds. The minimum absolute atomic E-state index is 0.0983. The fourth-order valence-electron chi connectivity index (χ4n) is 1.43. The maximum absolute atomic E-state index is 11.7. The standard InChI is InChI=1S/C14H24O3/c1-5-7-13(16)10(3)8-9-14(17)11(4)12(15)6-2/h5,7-13,15-16H,6H2,1-4H3. The molecule has 0 bridgehead atoms. The van der Waals surface area contributed by atoms with E-state index in [1.165, 1.54) is 6.08 Å². The molecule has 3 nitrogen and oxygen atoms in total. The minimum atomic E-state index is -0.595. The molecule has 0 fully saturated rings. The largest absolute Gasteiger partial charge is 0.392 e. The number of aliphatic hydroxyl groups excluding tert-OH is 2. The zero-order valence-corrected chi connectivity index (χ0v) is 11.1. The van der Waals surface area contributed by atoms with Gasteiger partial charge < -0.3 is 10.2 Å². The number of aliphatic hydroxyl groups is 2. The molecule has 0 aliphatic heterocycles. The van der Waals surface area contributed by atoms with Gasteiger partial charge in [-0.3, -0.25) is 4.79 Å². The van der Waals surface area contributed by atoms with Gasteiger partial charge >= 0.3 is 0 Å². The van der Waals surface area contributed by atoms with Crippen LogP contribution >= 0.6 is 0 Å². The molecule has 0 aliphatic rings. The van der Waals surface area contributed by atoms with Crippen LogP contribution < -0.4 is 0 Å². The summed E-state index contributed by atoms with van der Waals surface area (Å²) in [5.41, 5.74) is 0. The van der Waals surface area contributed by atoms with E-state index in [9.17, 15) is 15.0 Å². The third-order valence-corrected chi connectivity index (χ3v) is 2.94. The highest BCUT2D eigenvalue weighted by molar-refractivity contribution is 5.91. The van der Waals surface area contributed by atoms with E-state index < -0.39 is 12.2 Å². The van der Waals surface area contributed by atoms with Crippen LogP contribution in [0.4, 0.5) is 0 Å². The molecule has 0 aliphatic carbocycles. The Kier molecular flexibility index (Phi) is 7.75. The third kappa shape index (κ3) is 5.80. The molecule has 0 saturated heterocycles. The van der Waals surface area contributed by atoms with E-state index in [2.05, 4.69) is 0 Å². The van der Waals surface area contributed by atoms with Crippen LogP contribution in [0.1, 0.15) is 34.1 Å². The fraction of sp³-hybridized carbons (Fsp3) is 0.643. The highest BCUT2D eigenvalue weighted by atomic mass is 16.3. The second kappa shape index (κ2) is 8.20. The Morgan fingerprint density at radius 3 is 2.29 bits per heavy atom. The molecule has 98 valence electrons. The normalized spacial score (nSPS) is 19.4. The molecule has 0 spiro atoms. The molecule has 17 heavy (non-hydrogen) atoms. The van der Waals surface area contributed by atoms with E-state index in [1.54, 1.807) is 25.2 Å². The first kappa shape index (κ1) is 16.1. The molecular formula is C14H24O3. The number of carbonyl (C=O) groups excluding carboxylic acids is 1. The van der Waals surface area contributed by atoms with Gasteiger partial charge in [-0.1, -0.05) is 39.0 Å². The van der Waals surface area contributed by atoms with Gasteiger partial charge in [0.15, 0.2) is 5.78 Å². The Labute approximate surface area is 104 Å². The maximum Gasteiger partial charge on any atom is 0.160 e. The predicted octanol–water partition coefficient (Wildman–Crippen LogP) is 2.09. The van der Waals surface area contributed by atoms with Crippen molar-refractivity contribution in [2.24, 2.45) is 11.8 Å². The average molecular weight is 240 g/mol. The van der Waals surface area contributed by atoms with E-state index in [4.69, 9.17) is 0 Å². The molecule has 0 aromatic heterocycles. The molecule has 0 aromatic rings. The quantitative estimate of drug-likeness (QED) is 0.529. The van der Waals surface area contributed by atoms with Crippen molar-refractivity contribution in [2.75, 3.05) is 0 Å². The summed E-state index contributed by atoms with van der Waals surface area (Å²) in [6.45, 7) is 7.24. The molecule has 4 atom stereocenters. The van der Waals surface area contributed by atoms with Crippen molar-refractivity contribution >= 4 is 5.78 Å². The Morgan fingerprint density at radius 1 is 1.24 bits per heavy atom. The van der Waals surface area contributed by atoms with Crippen molar-refractivity contribution in [2.45, 2.75) is 46.3 Å². The van der Waals surface area contributed by atoms with Crippen molar-refractivity contribution in [3.8, 4) is 0 Å². The summed E-state index contributed by atoms with van der Waals surface area (Å²) in [6.07, 6.45) is 6.01. The summed E-state index contributed by atoms with van der Waals surface area (Å²) in [5.74, 6) is -0.595. The van der Waals surface area contributed by atoms with Crippen molar-refractivity contribution in [3.05, 3.63) is 24.3 Å². The van der Waals surface area contributed by atoms with Crippen LogP contribution in [0, 0.1) is 11.8 Å². The second-order valence-corrected chi connectivity index (χ2v) is 4.40. The molecule has 0 heterocycles. The summed E-state index contributed by atoms with van der Waals surface area (Å²) in [6, 6.07) is 0. The SMILES string of the molecule is CC=CC(O)C(C)C=CC(=O)C(C)C(O)CC. The van der Waals surface area contributed by atoms with Gasteiger partial charge in [-0.2, -0.15) is 0 Å². The first-order valence-corrected chi connectivity index (χ1v) is 6.15. The van der Waals surface area contributed by atoms with Gasteiger partial charge in [0, 0.05) is 11.8 Å². The zero-order valence-electron chi connectivity index (χ0n) is 11.1. The van der Waals surface area contributed by atoms with Crippen molar-refractivity contribution in [3.63, 3.8) is 0 Å². The number of hydrogen-bond donors (Lipinski definition) is 2. The summed E-state index contributed by atoms with van der Waals surface area (Å²) in [5, 5.41) is 19.2. The van der Waals surface area contributed by atoms with Crippen LogP contribution in [0.3, 0.4) is 0 Å². The van der Waals surface area contributed by atoms with Gasteiger partial charge in [0.25, 0.3) is 0 Å². The summed E-state index contributed by atoms with van der Waals surface area (Å²) < 4.78 is 0. The van der Waals surface area contributed by atoms with Crippen molar-refractivity contribution < 1.29 is 15.0 Å². The van der Waals surface area contributed by atoms with Gasteiger partial charge in [0.05, 0.1) is 12.2 Å². The van der Waals surface area contributed by atoms with Crippen molar-refractivity contribution in [1.82, 2.24) is 0 Å². The third-order valence-electron chi connectivity index (χ3n) is 2.94. The number of ketones is 1. The van der Waals surface area contributed by atoms with Crippen LogP contribution in [0.2, 0.25) is 0 Å². The second-order valence-electron chi connectivity index (χ2n) is 4.40. The first-order valence-electron chi connectivity index (χ1n) is 6.15. The lowest BCUT2D eigenvalue weighted by atomic mass is 9.95. The molecular weight excluding hydrogens is 216 g/mol. The number of allylic oxidation sites excluding steroid dienone is 2. The van der Waals surface area contributed by atoms with E-state index >= 15 is 0 Å². The lowest BCUT2D eigenvalue weighted by molar-refractivity contribution is -0.120. The van der Waals surface area contributed by atoms with E-state index in [-0.39, 0.29) is 17.6 Å². The monoisotopic (exact) mass is 240 g/mol. The van der Waals surface area contributed by atoms with Crippen LogP contribution in [-0.2, 0) is 4.79 Å².